The van der Waals surface area contributed by atoms with Gasteiger partial charge in [-0.25, -0.2) is 0 Å². The van der Waals surface area contributed by atoms with E-state index in [0.29, 0.717) is 12.0 Å². The lowest BCUT2D eigenvalue weighted by molar-refractivity contribution is -0.137. The quantitative estimate of drug-likeness (QED) is 0.903. The highest BCUT2D eigenvalue weighted by Crippen LogP contribution is 2.29. The molecule has 6 heteroatoms. The molecule has 0 bridgehead atoms. The average Bonchev–Trinajstić information content (AvgIpc) is 2.37. The molecule has 0 aliphatic rings. The van der Waals surface area contributed by atoms with E-state index in [1.807, 2.05) is 13.0 Å². The number of hydrogen-bond acceptors (Lipinski definition) is 2. The first-order valence-electron chi connectivity index (χ1n) is 6.22. The fraction of sp³-hybridized carbons (Fsp3) is 0.429. The van der Waals surface area contributed by atoms with Crippen LogP contribution in [0.15, 0.2) is 24.3 Å². The summed E-state index contributed by atoms with van der Waals surface area (Å²) in [4.78, 5) is 11.7. The molecule has 1 N–H and O–H groups in total. The lowest BCUT2D eigenvalue weighted by Crippen LogP contribution is -2.34. The third-order valence-corrected chi connectivity index (χ3v) is 2.71. The van der Waals surface area contributed by atoms with Crippen LogP contribution in [0, 0.1) is 11.3 Å². The Balaban J connectivity index is 2.61. The summed E-state index contributed by atoms with van der Waals surface area (Å²) < 4.78 is 37.1. The van der Waals surface area contributed by atoms with Crippen LogP contribution in [0.5, 0.6) is 0 Å². The number of carbonyl (C=O) groups excluding carboxylic acids is 1. The third kappa shape index (κ3) is 4.92. The summed E-state index contributed by atoms with van der Waals surface area (Å²) in [5.74, 6) is -0.371. The molecule has 1 aromatic rings. The zero-order valence-corrected chi connectivity index (χ0v) is 11.0. The van der Waals surface area contributed by atoms with Crippen LogP contribution in [0.1, 0.15) is 30.9 Å². The fourth-order valence-electron chi connectivity index (χ4n) is 1.70. The third-order valence-electron chi connectivity index (χ3n) is 2.71. The Labute approximate surface area is 115 Å². The van der Waals surface area contributed by atoms with Crippen LogP contribution >= 0.6 is 0 Å². The van der Waals surface area contributed by atoms with E-state index < -0.39 is 17.8 Å². The van der Waals surface area contributed by atoms with Crippen molar-refractivity contribution in [2.45, 2.75) is 38.4 Å². The number of amides is 1. The van der Waals surface area contributed by atoms with Crippen LogP contribution in [0.3, 0.4) is 0 Å². The van der Waals surface area contributed by atoms with Crippen molar-refractivity contribution >= 4 is 5.91 Å². The van der Waals surface area contributed by atoms with Gasteiger partial charge in [0.1, 0.15) is 6.04 Å². The first-order valence-corrected chi connectivity index (χ1v) is 6.22. The number of benzene rings is 1. The van der Waals surface area contributed by atoms with Crippen LogP contribution in [-0.2, 0) is 17.4 Å². The number of nitriles is 1. The van der Waals surface area contributed by atoms with Gasteiger partial charge < -0.3 is 5.32 Å². The zero-order valence-electron chi connectivity index (χ0n) is 11.0. The van der Waals surface area contributed by atoms with E-state index in [2.05, 4.69) is 5.32 Å². The molecule has 1 atom stereocenters. The molecule has 0 saturated carbocycles. The molecule has 3 nitrogen and oxygen atoms in total. The summed E-state index contributed by atoms with van der Waals surface area (Å²) in [6.45, 7) is 1.90. The van der Waals surface area contributed by atoms with Gasteiger partial charge in [-0.1, -0.05) is 25.5 Å². The average molecular weight is 284 g/mol. The van der Waals surface area contributed by atoms with E-state index in [1.54, 1.807) is 0 Å². The number of rotatable bonds is 5. The summed E-state index contributed by atoms with van der Waals surface area (Å²) in [6, 6.07) is 5.83. The van der Waals surface area contributed by atoms with Gasteiger partial charge in [0.2, 0.25) is 5.91 Å². The fourth-order valence-corrected chi connectivity index (χ4v) is 1.70. The minimum Gasteiger partial charge on any atom is -0.340 e. The Morgan fingerprint density at radius 3 is 2.40 bits per heavy atom. The molecular weight excluding hydrogens is 269 g/mol. The molecule has 0 spiro atoms. The van der Waals surface area contributed by atoms with E-state index >= 15 is 0 Å². The Morgan fingerprint density at radius 2 is 1.95 bits per heavy atom. The molecule has 1 rings (SSSR count). The van der Waals surface area contributed by atoms with E-state index in [1.165, 1.54) is 12.1 Å². The second kappa shape index (κ2) is 6.94. The van der Waals surface area contributed by atoms with Gasteiger partial charge in [0.05, 0.1) is 18.1 Å². The van der Waals surface area contributed by atoms with Gasteiger partial charge in [-0.2, -0.15) is 18.4 Å². The predicted molar refractivity (Wildman–Crippen MR) is 67.6 cm³/mol. The SMILES string of the molecule is CCCC(C#N)NC(=O)Cc1ccc(C(F)(F)F)cc1. The van der Waals surface area contributed by atoms with Gasteiger partial charge >= 0.3 is 6.18 Å². The Bertz CT molecular complexity index is 489. The standard InChI is InChI=1S/C14H15F3N2O/c1-2-3-12(9-18)19-13(20)8-10-4-6-11(7-5-10)14(15,16)17/h4-7,12H,2-3,8H2,1H3,(H,19,20). The first-order chi connectivity index (χ1) is 9.36. The van der Waals surface area contributed by atoms with Crippen molar-refractivity contribution in [2.24, 2.45) is 0 Å². The van der Waals surface area contributed by atoms with Gasteiger partial charge in [0.15, 0.2) is 0 Å². The molecule has 0 saturated heterocycles. The topological polar surface area (TPSA) is 52.9 Å². The number of nitrogens with zero attached hydrogens (tertiary/aromatic N) is 1. The Kier molecular flexibility index (Phi) is 5.56. The molecule has 0 aliphatic carbocycles. The lowest BCUT2D eigenvalue weighted by Gasteiger charge is -2.11. The minimum absolute atomic E-state index is 0.0416. The number of halogens is 3. The highest BCUT2D eigenvalue weighted by atomic mass is 19.4. The molecule has 0 radical (unpaired) electrons. The molecule has 0 fully saturated rings. The van der Waals surface area contributed by atoms with Gasteiger partial charge in [0.25, 0.3) is 0 Å². The normalized spacial score (nSPS) is 12.6. The van der Waals surface area contributed by atoms with Gasteiger partial charge in [-0.3, -0.25) is 4.79 Å². The highest BCUT2D eigenvalue weighted by Gasteiger charge is 2.29. The van der Waals surface area contributed by atoms with Crippen molar-refractivity contribution in [3.63, 3.8) is 0 Å². The molecule has 20 heavy (non-hydrogen) atoms. The summed E-state index contributed by atoms with van der Waals surface area (Å²) in [5.41, 5.74) is -0.272. The number of hydrogen-bond donors (Lipinski definition) is 1. The van der Waals surface area contributed by atoms with Crippen LogP contribution in [0.25, 0.3) is 0 Å². The number of carbonyl (C=O) groups is 1. The summed E-state index contributed by atoms with van der Waals surface area (Å²) in [6.07, 6.45) is -3.11. The predicted octanol–water partition coefficient (Wildman–Crippen LogP) is 3.06. The largest absolute Gasteiger partial charge is 0.416 e. The van der Waals surface area contributed by atoms with Crippen LogP contribution in [0.4, 0.5) is 13.2 Å². The summed E-state index contributed by atoms with van der Waals surface area (Å²) in [5, 5.41) is 11.3. The molecule has 0 aromatic heterocycles. The van der Waals surface area contributed by atoms with Crippen molar-refractivity contribution < 1.29 is 18.0 Å². The Hall–Kier alpha value is -2.03. The van der Waals surface area contributed by atoms with Gasteiger partial charge in [0, 0.05) is 0 Å². The molecule has 0 heterocycles. The summed E-state index contributed by atoms with van der Waals surface area (Å²) in [7, 11) is 0. The number of alkyl halides is 3. The summed E-state index contributed by atoms with van der Waals surface area (Å²) >= 11 is 0. The smallest absolute Gasteiger partial charge is 0.340 e. The van der Waals surface area contributed by atoms with E-state index in [-0.39, 0.29) is 12.3 Å². The van der Waals surface area contributed by atoms with Crippen molar-refractivity contribution in [3.8, 4) is 6.07 Å². The maximum absolute atomic E-state index is 12.4. The number of nitrogens with one attached hydrogen (secondary N) is 1. The van der Waals surface area contributed by atoms with Crippen molar-refractivity contribution in [2.75, 3.05) is 0 Å². The lowest BCUT2D eigenvalue weighted by atomic mass is 10.1. The minimum atomic E-state index is -4.38. The van der Waals surface area contributed by atoms with Crippen LogP contribution in [-0.4, -0.2) is 11.9 Å². The van der Waals surface area contributed by atoms with Crippen molar-refractivity contribution in [1.82, 2.24) is 5.32 Å². The van der Waals surface area contributed by atoms with Gasteiger partial charge in [-0.15, -0.1) is 0 Å². The molecule has 108 valence electrons. The van der Waals surface area contributed by atoms with Gasteiger partial charge in [-0.05, 0) is 24.1 Å². The first kappa shape index (κ1) is 16.0. The molecule has 1 amide bonds. The molecule has 0 aliphatic heterocycles. The van der Waals surface area contributed by atoms with Crippen LogP contribution < -0.4 is 5.32 Å². The maximum atomic E-state index is 12.4. The van der Waals surface area contributed by atoms with E-state index in [0.717, 1.165) is 18.6 Å². The second-order valence-corrected chi connectivity index (χ2v) is 4.41. The molecule has 1 aromatic carbocycles. The molecular formula is C14H15F3N2O. The van der Waals surface area contributed by atoms with Crippen molar-refractivity contribution in [1.29, 1.82) is 5.26 Å². The Morgan fingerprint density at radius 1 is 1.35 bits per heavy atom. The zero-order chi connectivity index (χ0) is 15.2. The monoisotopic (exact) mass is 284 g/mol. The van der Waals surface area contributed by atoms with Crippen molar-refractivity contribution in [3.05, 3.63) is 35.4 Å². The van der Waals surface area contributed by atoms with E-state index in [4.69, 9.17) is 5.26 Å². The highest BCUT2D eigenvalue weighted by molar-refractivity contribution is 5.79. The maximum Gasteiger partial charge on any atom is 0.416 e. The van der Waals surface area contributed by atoms with E-state index in [9.17, 15) is 18.0 Å². The molecule has 1 unspecified atom stereocenters. The van der Waals surface area contributed by atoms with Crippen LogP contribution in [0.2, 0.25) is 0 Å². The second-order valence-electron chi connectivity index (χ2n) is 4.41.